The van der Waals surface area contributed by atoms with Crippen LogP contribution in [-0.2, 0) is 16.2 Å². The molecule has 1 saturated heterocycles. The molecule has 1 aromatic heterocycles. The van der Waals surface area contributed by atoms with Gasteiger partial charge >= 0.3 is 6.18 Å². The molecule has 10 heteroatoms. The van der Waals surface area contributed by atoms with Gasteiger partial charge in [-0.25, -0.2) is 8.42 Å². The number of pyridine rings is 1. The number of benzene rings is 2. The van der Waals surface area contributed by atoms with Gasteiger partial charge in [-0.05, 0) is 41.8 Å². The maximum atomic E-state index is 13.0. The fourth-order valence-corrected chi connectivity index (χ4v) is 5.00. The Morgan fingerprint density at radius 2 is 1.61 bits per heavy atom. The second-order valence-electron chi connectivity index (χ2n) is 7.12. The average molecular weight is 449 g/mol. The van der Waals surface area contributed by atoms with Crippen LogP contribution < -0.4 is 0 Å². The Kier molecular flexibility index (Phi) is 5.44. The van der Waals surface area contributed by atoms with Crippen LogP contribution in [0.3, 0.4) is 0 Å². The Balaban J connectivity index is 1.48. The van der Waals surface area contributed by atoms with Crippen molar-refractivity contribution in [3.63, 3.8) is 0 Å². The van der Waals surface area contributed by atoms with Gasteiger partial charge in [0, 0.05) is 49.5 Å². The van der Waals surface area contributed by atoms with E-state index in [9.17, 15) is 26.4 Å². The molecule has 4 rings (SSSR count). The van der Waals surface area contributed by atoms with Gasteiger partial charge in [-0.2, -0.15) is 17.5 Å². The zero-order valence-corrected chi connectivity index (χ0v) is 17.0. The predicted octanol–water partition coefficient (Wildman–Crippen LogP) is 3.40. The minimum atomic E-state index is -4.54. The number of nitrogens with zero attached hydrogens (tertiary/aromatic N) is 3. The lowest BCUT2D eigenvalue weighted by atomic mass is 10.1. The van der Waals surface area contributed by atoms with Crippen molar-refractivity contribution < 1.29 is 26.4 Å². The van der Waals surface area contributed by atoms with Crippen molar-refractivity contribution in [2.24, 2.45) is 0 Å². The summed E-state index contributed by atoms with van der Waals surface area (Å²) >= 11 is 0. The highest BCUT2D eigenvalue weighted by Gasteiger charge is 2.33. The first-order chi connectivity index (χ1) is 14.7. The Morgan fingerprint density at radius 1 is 0.935 bits per heavy atom. The molecular weight excluding hydrogens is 431 g/mol. The lowest BCUT2D eigenvalue weighted by Gasteiger charge is -2.34. The molecule has 31 heavy (non-hydrogen) atoms. The van der Waals surface area contributed by atoms with Crippen LogP contribution in [0.5, 0.6) is 0 Å². The van der Waals surface area contributed by atoms with E-state index < -0.39 is 21.8 Å². The number of hydrogen-bond acceptors (Lipinski definition) is 4. The lowest BCUT2D eigenvalue weighted by molar-refractivity contribution is -0.137. The maximum Gasteiger partial charge on any atom is 0.416 e. The average Bonchev–Trinajstić information content (AvgIpc) is 2.78. The number of carbonyl (C=O) groups excluding carboxylic acids is 1. The third-order valence-electron chi connectivity index (χ3n) is 5.26. The molecule has 3 aromatic rings. The summed E-state index contributed by atoms with van der Waals surface area (Å²) in [6.45, 7) is 0.475. The van der Waals surface area contributed by atoms with Crippen LogP contribution in [0.2, 0.25) is 0 Å². The van der Waals surface area contributed by atoms with E-state index in [-0.39, 0.29) is 37.0 Å². The molecule has 0 N–H and O–H groups in total. The monoisotopic (exact) mass is 449 g/mol. The summed E-state index contributed by atoms with van der Waals surface area (Å²) in [4.78, 5) is 18.4. The molecule has 2 heterocycles. The largest absolute Gasteiger partial charge is 0.416 e. The van der Waals surface area contributed by atoms with Crippen molar-refractivity contribution in [2.45, 2.75) is 11.1 Å². The quantitative estimate of drug-likeness (QED) is 0.615. The first kappa shape index (κ1) is 21.3. The number of sulfonamides is 1. The number of fused-ring (bicyclic) bond motifs is 1. The third kappa shape index (κ3) is 4.13. The van der Waals surface area contributed by atoms with Crippen molar-refractivity contribution >= 4 is 26.7 Å². The zero-order chi connectivity index (χ0) is 22.2. The Bertz CT molecular complexity index is 1210. The molecule has 1 amide bonds. The summed E-state index contributed by atoms with van der Waals surface area (Å²) in [7, 11) is -3.95. The number of halogens is 3. The number of rotatable bonds is 3. The van der Waals surface area contributed by atoms with Crippen molar-refractivity contribution in [3.8, 4) is 0 Å². The highest BCUT2D eigenvalue weighted by Crippen LogP contribution is 2.30. The summed E-state index contributed by atoms with van der Waals surface area (Å²) in [5.41, 5.74) is -0.397. The smallest absolute Gasteiger partial charge is 0.336 e. The van der Waals surface area contributed by atoms with Crippen LogP contribution >= 0.6 is 0 Å². The summed E-state index contributed by atoms with van der Waals surface area (Å²) in [6.07, 6.45) is -1.26. The van der Waals surface area contributed by atoms with E-state index >= 15 is 0 Å². The molecule has 1 aliphatic rings. The van der Waals surface area contributed by atoms with E-state index in [1.807, 2.05) is 6.07 Å². The molecule has 1 fully saturated rings. The molecule has 0 aliphatic carbocycles. The van der Waals surface area contributed by atoms with Crippen LogP contribution in [0.1, 0.15) is 15.9 Å². The minimum Gasteiger partial charge on any atom is -0.336 e. The lowest BCUT2D eigenvalue weighted by Crippen LogP contribution is -2.50. The zero-order valence-electron chi connectivity index (χ0n) is 16.2. The van der Waals surface area contributed by atoms with Gasteiger partial charge in [0.25, 0.3) is 5.91 Å². The molecular formula is C21H18F3N3O3S. The van der Waals surface area contributed by atoms with Crippen LogP contribution in [0.15, 0.2) is 65.8 Å². The molecule has 2 aromatic carbocycles. The van der Waals surface area contributed by atoms with E-state index in [4.69, 9.17) is 0 Å². The normalized spacial score (nSPS) is 15.9. The summed E-state index contributed by atoms with van der Waals surface area (Å²) in [5, 5.41) is 1.60. The van der Waals surface area contributed by atoms with Gasteiger partial charge in [-0.1, -0.05) is 12.1 Å². The van der Waals surface area contributed by atoms with Crippen molar-refractivity contribution in [1.82, 2.24) is 14.2 Å². The van der Waals surface area contributed by atoms with Crippen LogP contribution in [0.25, 0.3) is 10.8 Å². The number of hydrogen-bond donors (Lipinski definition) is 0. The minimum absolute atomic E-state index is 0.0570. The number of aromatic nitrogens is 1. The molecule has 0 bridgehead atoms. The third-order valence-corrected chi connectivity index (χ3v) is 7.17. The van der Waals surface area contributed by atoms with Crippen LogP contribution in [0.4, 0.5) is 13.2 Å². The molecule has 1 aliphatic heterocycles. The fraction of sp³-hybridized carbons (Fsp3) is 0.238. The van der Waals surface area contributed by atoms with Gasteiger partial charge in [0.05, 0.1) is 10.5 Å². The van der Waals surface area contributed by atoms with Gasteiger partial charge in [-0.15, -0.1) is 0 Å². The van der Waals surface area contributed by atoms with E-state index in [0.717, 1.165) is 35.0 Å². The molecule has 6 nitrogen and oxygen atoms in total. The Hall–Kier alpha value is -2.98. The van der Waals surface area contributed by atoms with Crippen molar-refractivity contribution in [3.05, 3.63) is 72.1 Å². The van der Waals surface area contributed by atoms with Crippen molar-refractivity contribution in [1.29, 1.82) is 0 Å². The van der Waals surface area contributed by atoms with Gasteiger partial charge in [0.1, 0.15) is 0 Å². The summed E-state index contributed by atoms with van der Waals surface area (Å²) in [5.74, 6) is -0.205. The summed E-state index contributed by atoms with van der Waals surface area (Å²) in [6, 6.07) is 10.5. The molecule has 0 saturated carbocycles. The Labute approximate surface area is 177 Å². The van der Waals surface area contributed by atoms with E-state index in [0.29, 0.717) is 5.56 Å². The number of carbonyl (C=O) groups is 1. The molecule has 0 unspecified atom stereocenters. The SMILES string of the molecule is O=C(c1cccc2cnccc12)N1CCN(S(=O)(=O)c2ccc(C(F)(F)F)cc2)CC1. The molecule has 0 spiro atoms. The van der Waals surface area contributed by atoms with E-state index in [2.05, 4.69) is 4.98 Å². The van der Waals surface area contributed by atoms with Gasteiger partial charge in [0.2, 0.25) is 10.0 Å². The van der Waals surface area contributed by atoms with Gasteiger partial charge in [-0.3, -0.25) is 9.78 Å². The first-order valence-corrected chi connectivity index (χ1v) is 10.9. The van der Waals surface area contributed by atoms with Gasteiger partial charge < -0.3 is 4.90 Å². The summed E-state index contributed by atoms with van der Waals surface area (Å²) < 4.78 is 65.0. The highest BCUT2D eigenvalue weighted by atomic mass is 32.2. The number of amides is 1. The number of alkyl halides is 3. The standard InChI is InChI=1S/C21H18F3N3O3S/c22-21(23,24)16-4-6-17(7-5-16)31(29,30)27-12-10-26(11-13-27)20(28)19-3-1-2-15-14-25-9-8-18(15)19/h1-9,14H,10-13H2. The second-order valence-corrected chi connectivity index (χ2v) is 9.06. The van der Waals surface area contributed by atoms with E-state index in [1.165, 1.54) is 4.31 Å². The highest BCUT2D eigenvalue weighted by molar-refractivity contribution is 7.89. The molecule has 0 radical (unpaired) electrons. The molecule has 0 atom stereocenters. The first-order valence-electron chi connectivity index (χ1n) is 9.47. The van der Waals surface area contributed by atoms with Crippen molar-refractivity contribution in [2.75, 3.05) is 26.2 Å². The Morgan fingerprint density at radius 3 is 2.26 bits per heavy atom. The number of piperazine rings is 1. The van der Waals surface area contributed by atoms with Crippen LogP contribution in [-0.4, -0.2) is 54.7 Å². The van der Waals surface area contributed by atoms with Gasteiger partial charge in [0.15, 0.2) is 0 Å². The second kappa shape index (κ2) is 7.93. The maximum absolute atomic E-state index is 13.0. The topological polar surface area (TPSA) is 70.6 Å². The molecule has 162 valence electrons. The van der Waals surface area contributed by atoms with E-state index in [1.54, 1.807) is 35.5 Å². The fourth-order valence-electron chi connectivity index (χ4n) is 3.58. The predicted molar refractivity (Wildman–Crippen MR) is 108 cm³/mol. The van der Waals surface area contributed by atoms with Crippen LogP contribution in [0, 0.1) is 0 Å².